The van der Waals surface area contributed by atoms with Crippen LogP contribution in [0, 0.1) is 10.5 Å². The number of amides is 2. The fraction of sp³-hybridized carbons (Fsp3) is 0.160. The lowest BCUT2D eigenvalue weighted by Gasteiger charge is -2.14. The van der Waals surface area contributed by atoms with E-state index < -0.39 is 0 Å². The molecule has 7 nitrogen and oxygen atoms in total. The number of carbonyl (C=O) groups excluding carboxylic acids is 2. The number of carbonyl (C=O) groups is 2. The molecule has 0 atom stereocenters. The summed E-state index contributed by atoms with van der Waals surface area (Å²) in [5.41, 5.74) is 5.56. The van der Waals surface area contributed by atoms with Crippen LogP contribution in [-0.4, -0.2) is 31.2 Å². The van der Waals surface area contributed by atoms with E-state index in [0.717, 1.165) is 9.13 Å². The monoisotopic (exact) mass is 557 g/mol. The first-order valence-corrected chi connectivity index (χ1v) is 11.4. The minimum Gasteiger partial charge on any atom is -0.490 e. The first kappa shape index (κ1) is 24.2. The Balaban J connectivity index is 1.65. The minimum absolute atomic E-state index is 0.162. The molecule has 3 rings (SSSR count). The molecule has 170 valence electrons. The average molecular weight is 557 g/mol. The topological polar surface area (TPSA) is 89.0 Å². The van der Waals surface area contributed by atoms with Crippen LogP contribution in [-0.2, 0) is 4.79 Å². The van der Waals surface area contributed by atoms with Gasteiger partial charge in [-0.15, -0.1) is 0 Å². The number of hydrogen-bond donors (Lipinski definition) is 2. The standard InChI is InChI=1S/C25H24IN3O4/c1-3-32-22-14-18(15-27-29-25(31)19-7-5-4-6-8-19)13-21(26)24(22)33-16-23(30)28-20-11-9-17(2)10-12-20/h4-15H,3,16H2,1-2H3,(H,28,30)(H,29,31)/b27-15+. The number of nitrogens with zero attached hydrogens (tertiary/aromatic N) is 1. The van der Waals surface area contributed by atoms with Crippen LogP contribution in [0.15, 0.2) is 71.8 Å². The summed E-state index contributed by atoms with van der Waals surface area (Å²) in [5, 5.41) is 6.83. The van der Waals surface area contributed by atoms with Crippen molar-refractivity contribution in [1.82, 2.24) is 5.43 Å². The van der Waals surface area contributed by atoms with Gasteiger partial charge < -0.3 is 14.8 Å². The Morgan fingerprint density at radius 2 is 1.76 bits per heavy atom. The van der Waals surface area contributed by atoms with E-state index in [1.807, 2.05) is 50.2 Å². The van der Waals surface area contributed by atoms with Crippen molar-refractivity contribution in [3.05, 3.63) is 87.0 Å². The highest BCUT2D eigenvalue weighted by Crippen LogP contribution is 2.34. The third-order valence-electron chi connectivity index (χ3n) is 4.43. The summed E-state index contributed by atoms with van der Waals surface area (Å²) >= 11 is 2.11. The molecule has 8 heteroatoms. The summed E-state index contributed by atoms with van der Waals surface area (Å²) in [6.45, 7) is 4.11. The summed E-state index contributed by atoms with van der Waals surface area (Å²) in [6, 6.07) is 19.9. The van der Waals surface area contributed by atoms with Gasteiger partial charge in [0.05, 0.1) is 16.4 Å². The lowest BCUT2D eigenvalue weighted by Crippen LogP contribution is -2.20. The molecule has 0 unspecified atom stereocenters. The van der Waals surface area contributed by atoms with E-state index in [1.54, 1.807) is 30.3 Å². The summed E-state index contributed by atoms with van der Waals surface area (Å²) < 4.78 is 12.2. The fourth-order valence-corrected chi connectivity index (χ4v) is 3.64. The molecule has 0 radical (unpaired) electrons. The van der Waals surface area contributed by atoms with Gasteiger partial charge in [-0.05, 0) is 78.4 Å². The first-order chi connectivity index (χ1) is 16.0. The van der Waals surface area contributed by atoms with Crippen molar-refractivity contribution in [3.8, 4) is 11.5 Å². The Hall–Kier alpha value is -3.40. The number of halogens is 1. The van der Waals surface area contributed by atoms with E-state index in [-0.39, 0.29) is 18.4 Å². The average Bonchev–Trinajstić information content (AvgIpc) is 2.81. The Morgan fingerprint density at radius 1 is 1.03 bits per heavy atom. The van der Waals surface area contributed by atoms with Gasteiger partial charge in [0.1, 0.15) is 0 Å². The van der Waals surface area contributed by atoms with Crippen LogP contribution in [0.2, 0.25) is 0 Å². The SMILES string of the molecule is CCOc1cc(/C=N/NC(=O)c2ccccc2)cc(I)c1OCC(=O)Nc1ccc(C)cc1. The van der Waals surface area contributed by atoms with Crippen LogP contribution in [0.1, 0.15) is 28.4 Å². The van der Waals surface area contributed by atoms with Crippen molar-refractivity contribution in [2.45, 2.75) is 13.8 Å². The number of aryl methyl sites for hydroxylation is 1. The van der Waals surface area contributed by atoms with Crippen molar-refractivity contribution in [3.63, 3.8) is 0 Å². The van der Waals surface area contributed by atoms with Gasteiger partial charge in [0.2, 0.25) is 0 Å². The van der Waals surface area contributed by atoms with Crippen LogP contribution in [0.4, 0.5) is 5.69 Å². The molecule has 0 saturated heterocycles. The van der Waals surface area contributed by atoms with Gasteiger partial charge in [0.25, 0.3) is 11.8 Å². The lowest BCUT2D eigenvalue weighted by atomic mass is 10.2. The summed E-state index contributed by atoms with van der Waals surface area (Å²) in [5.74, 6) is 0.392. The molecule has 0 aliphatic rings. The van der Waals surface area contributed by atoms with Gasteiger partial charge in [-0.25, -0.2) is 5.43 Å². The summed E-state index contributed by atoms with van der Waals surface area (Å²) in [6.07, 6.45) is 1.53. The van der Waals surface area contributed by atoms with E-state index in [9.17, 15) is 9.59 Å². The minimum atomic E-state index is -0.300. The Morgan fingerprint density at radius 3 is 2.45 bits per heavy atom. The molecule has 0 aromatic heterocycles. The maximum Gasteiger partial charge on any atom is 0.271 e. The fourth-order valence-electron chi connectivity index (χ4n) is 2.86. The first-order valence-electron chi connectivity index (χ1n) is 10.3. The van der Waals surface area contributed by atoms with Gasteiger partial charge in [-0.3, -0.25) is 9.59 Å². The molecule has 3 aromatic rings. The normalized spacial score (nSPS) is 10.6. The largest absolute Gasteiger partial charge is 0.490 e. The third kappa shape index (κ3) is 7.31. The highest BCUT2D eigenvalue weighted by molar-refractivity contribution is 14.1. The van der Waals surface area contributed by atoms with Crippen LogP contribution < -0.4 is 20.2 Å². The van der Waals surface area contributed by atoms with Crippen LogP contribution in [0.5, 0.6) is 11.5 Å². The Bertz CT molecular complexity index is 1130. The molecule has 33 heavy (non-hydrogen) atoms. The molecule has 0 bridgehead atoms. The maximum absolute atomic E-state index is 12.3. The second-order valence-electron chi connectivity index (χ2n) is 7.03. The van der Waals surface area contributed by atoms with Crippen LogP contribution in [0.3, 0.4) is 0 Å². The predicted molar refractivity (Wildman–Crippen MR) is 137 cm³/mol. The van der Waals surface area contributed by atoms with Gasteiger partial charge >= 0.3 is 0 Å². The molecule has 0 aliphatic heterocycles. The number of hydrazone groups is 1. The number of nitrogens with one attached hydrogen (secondary N) is 2. The number of benzene rings is 3. The molecule has 2 N–H and O–H groups in total. The van der Waals surface area contributed by atoms with E-state index in [1.165, 1.54) is 6.21 Å². The van der Waals surface area contributed by atoms with Gasteiger partial charge in [-0.1, -0.05) is 35.9 Å². The highest BCUT2D eigenvalue weighted by Gasteiger charge is 2.14. The summed E-state index contributed by atoms with van der Waals surface area (Å²) in [4.78, 5) is 24.4. The molecule has 0 spiro atoms. The van der Waals surface area contributed by atoms with E-state index >= 15 is 0 Å². The zero-order valence-electron chi connectivity index (χ0n) is 18.3. The molecular formula is C25H24IN3O4. The van der Waals surface area contributed by atoms with Gasteiger partial charge in [-0.2, -0.15) is 5.10 Å². The van der Waals surface area contributed by atoms with Crippen molar-refractivity contribution < 1.29 is 19.1 Å². The van der Waals surface area contributed by atoms with Crippen molar-refractivity contribution in [2.24, 2.45) is 5.10 Å². The third-order valence-corrected chi connectivity index (χ3v) is 5.23. The van der Waals surface area contributed by atoms with E-state index in [0.29, 0.717) is 34.9 Å². The van der Waals surface area contributed by atoms with Crippen molar-refractivity contribution in [1.29, 1.82) is 0 Å². The molecule has 0 saturated carbocycles. The number of rotatable bonds is 9. The van der Waals surface area contributed by atoms with Crippen molar-refractivity contribution >= 4 is 46.3 Å². The zero-order chi connectivity index (χ0) is 23.6. The molecule has 2 amide bonds. The number of hydrogen-bond acceptors (Lipinski definition) is 5. The molecule has 3 aromatic carbocycles. The smallest absolute Gasteiger partial charge is 0.271 e. The second-order valence-corrected chi connectivity index (χ2v) is 8.19. The van der Waals surface area contributed by atoms with Crippen LogP contribution >= 0.6 is 22.6 Å². The highest BCUT2D eigenvalue weighted by atomic mass is 127. The molecule has 0 aliphatic carbocycles. The number of ether oxygens (including phenoxy) is 2. The Labute approximate surface area is 206 Å². The molecule has 0 heterocycles. The second kappa shape index (κ2) is 12.0. The number of anilines is 1. The van der Waals surface area contributed by atoms with Crippen LogP contribution in [0.25, 0.3) is 0 Å². The molecule has 0 fully saturated rings. The quantitative estimate of drug-likeness (QED) is 0.225. The predicted octanol–water partition coefficient (Wildman–Crippen LogP) is 4.78. The van der Waals surface area contributed by atoms with E-state index in [4.69, 9.17) is 9.47 Å². The zero-order valence-corrected chi connectivity index (χ0v) is 20.5. The summed E-state index contributed by atoms with van der Waals surface area (Å²) in [7, 11) is 0. The van der Waals surface area contributed by atoms with Crippen molar-refractivity contribution in [2.75, 3.05) is 18.5 Å². The lowest BCUT2D eigenvalue weighted by molar-refractivity contribution is -0.118. The molecular weight excluding hydrogens is 533 g/mol. The van der Waals surface area contributed by atoms with Gasteiger partial charge in [0, 0.05) is 11.3 Å². The maximum atomic E-state index is 12.3. The van der Waals surface area contributed by atoms with Gasteiger partial charge in [0.15, 0.2) is 18.1 Å². The van der Waals surface area contributed by atoms with E-state index in [2.05, 4.69) is 38.4 Å². The Kier molecular flexibility index (Phi) is 8.82.